The van der Waals surface area contributed by atoms with Crippen molar-refractivity contribution in [2.45, 2.75) is 77.4 Å². The van der Waals surface area contributed by atoms with E-state index in [-0.39, 0.29) is 38.5 Å². The van der Waals surface area contributed by atoms with E-state index in [2.05, 4.69) is 0 Å². The lowest BCUT2D eigenvalue weighted by molar-refractivity contribution is -1.23. The molecule has 0 aliphatic carbocycles. The van der Waals surface area contributed by atoms with Gasteiger partial charge in [0.2, 0.25) is 0 Å². The Bertz CT molecular complexity index is 481. The zero-order valence-electron chi connectivity index (χ0n) is 18.9. The fraction of sp³-hybridized carbons (Fsp3) is 1.00. The average molecular weight is 494 g/mol. The average Bonchev–Trinajstić information content (AvgIpc) is 2.60. The van der Waals surface area contributed by atoms with E-state index in [9.17, 15) is 36.5 Å². The molecule has 0 saturated heterocycles. The molecule has 0 spiro atoms. The SMILES string of the molecule is CCO[Si](CCCC(CCC(CCC[N+]([O-])(O)O)[N+]([O-])(O)O)[N+]([O-])(O)O)(OCC)OCC. The first-order chi connectivity index (χ1) is 14.6. The summed E-state index contributed by atoms with van der Waals surface area (Å²) in [6.07, 6.45) is -0.869. The molecule has 0 saturated carbocycles. The van der Waals surface area contributed by atoms with Crippen molar-refractivity contribution in [3.05, 3.63) is 15.6 Å². The molecule has 0 aromatic rings. The summed E-state index contributed by atoms with van der Waals surface area (Å²) >= 11 is 0. The highest BCUT2D eigenvalue weighted by Gasteiger charge is 2.41. The molecule has 0 radical (unpaired) electrons. The third-order valence-electron chi connectivity index (χ3n) is 4.88. The van der Waals surface area contributed by atoms with Crippen LogP contribution in [0.3, 0.4) is 0 Å². The maximum atomic E-state index is 11.8. The Balaban J connectivity index is 5.06. The number of quaternary nitrogens is 3. The zero-order valence-corrected chi connectivity index (χ0v) is 19.9. The smallest absolute Gasteiger partial charge is 0.500 e. The van der Waals surface area contributed by atoms with Gasteiger partial charge in [-0.15, -0.1) is 0 Å². The summed E-state index contributed by atoms with van der Waals surface area (Å²) in [5, 5.41) is 89.4. The van der Waals surface area contributed by atoms with Crippen LogP contribution in [0.1, 0.15) is 59.3 Å². The Morgan fingerprint density at radius 3 is 1.34 bits per heavy atom. The van der Waals surface area contributed by atoms with E-state index < -0.39 is 42.4 Å². The number of hydrogen-bond donors (Lipinski definition) is 6. The van der Waals surface area contributed by atoms with Crippen molar-refractivity contribution in [2.75, 3.05) is 26.4 Å². The summed E-state index contributed by atoms with van der Waals surface area (Å²) in [5.74, 6) is 0. The first kappa shape index (κ1) is 31.6. The van der Waals surface area contributed by atoms with Crippen molar-refractivity contribution < 1.29 is 59.4 Å². The molecule has 0 aliphatic heterocycles. The van der Waals surface area contributed by atoms with Gasteiger partial charge in [0, 0.05) is 58.0 Å². The van der Waals surface area contributed by atoms with Gasteiger partial charge >= 0.3 is 8.80 Å². The molecule has 6 N–H and O–H groups in total. The van der Waals surface area contributed by atoms with Gasteiger partial charge in [-0.3, -0.25) is 0 Å². The fourth-order valence-electron chi connectivity index (χ4n) is 3.43. The predicted molar refractivity (Wildman–Crippen MR) is 107 cm³/mol. The first-order valence-electron chi connectivity index (χ1n) is 10.7. The van der Waals surface area contributed by atoms with E-state index in [4.69, 9.17) is 23.7 Å². The molecule has 0 aromatic carbocycles. The molecule has 0 aliphatic rings. The first-order valence-corrected chi connectivity index (χ1v) is 12.6. The van der Waals surface area contributed by atoms with Crippen LogP contribution in [0.4, 0.5) is 0 Å². The summed E-state index contributed by atoms with van der Waals surface area (Å²) in [5.41, 5.74) is 0. The van der Waals surface area contributed by atoms with E-state index in [1.165, 1.54) is 0 Å². The van der Waals surface area contributed by atoms with Gasteiger partial charge in [-0.05, 0) is 27.2 Å². The molecule has 2 atom stereocenters. The lowest BCUT2D eigenvalue weighted by Gasteiger charge is -2.36. The molecule has 0 amide bonds. The van der Waals surface area contributed by atoms with Crippen molar-refractivity contribution in [1.29, 1.82) is 0 Å². The van der Waals surface area contributed by atoms with Gasteiger partial charge in [0.05, 0.1) is 0 Å². The van der Waals surface area contributed by atoms with Crippen LogP contribution in [0.5, 0.6) is 0 Å². The van der Waals surface area contributed by atoms with Crippen molar-refractivity contribution in [3.8, 4) is 0 Å². The van der Waals surface area contributed by atoms with Crippen LogP contribution in [0.25, 0.3) is 0 Å². The van der Waals surface area contributed by atoms with Gasteiger partial charge in [0.15, 0.2) is 12.1 Å². The van der Waals surface area contributed by atoms with E-state index in [1.54, 1.807) is 20.8 Å². The molecule has 16 heteroatoms. The summed E-state index contributed by atoms with van der Waals surface area (Å²) in [7, 11) is -3.02. The second kappa shape index (κ2) is 14.1. The van der Waals surface area contributed by atoms with Crippen molar-refractivity contribution >= 4 is 8.80 Å². The summed E-state index contributed by atoms with van der Waals surface area (Å²) in [6, 6.07) is -2.48. The minimum atomic E-state index is -3.02. The summed E-state index contributed by atoms with van der Waals surface area (Å²) in [6.45, 7) is 5.67. The highest BCUT2D eigenvalue weighted by atomic mass is 28.4. The number of rotatable bonds is 19. The Kier molecular flexibility index (Phi) is 13.9. The van der Waals surface area contributed by atoms with Crippen molar-refractivity contribution in [2.24, 2.45) is 0 Å². The standard InChI is InChI=1S/C16H39N3O12Si/c1-4-29-32(30-5-2,31-6-3)14-8-10-16(19(26,27)28)12-11-15(18(23,24)25)9-7-13-17(20,21)22/h15-16,20-21,23-24,26-27H,4-14H2,1-3H3. The van der Waals surface area contributed by atoms with Gasteiger partial charge in [0.1, 0.15) is 6.54 Å². The van der Waals surface area contributed by atoms with Gasteiger partial charge in [-0.1, -0.05) is 14.9 Å². The Labute approximate surface area is 188 Å². The van der Waals surface area contributed by atoms with Crippen LogP contribution < -0.4 is 0 Å². The maximum Gasteiger partial charge on any atom is 0.500 e. The van der Waals surface area contributed by atoms with Crippen LogP contribution in [0, 0.1) is 15.6 Å². The van der Waals surface area contributed by atoms with Gasteiger partial charge in [0.25, 0.3) is 0 Å². The Morgan fingerprint density at radius 2 is 1.03 bits per heavy atom. The minimum Gasteiger partial charge on any atom is -0.564 e. The van der Waals surface area contributed by atoms with Crippen molar-refractivity contribution in [1.82, 2.24) is 0 Å². The van der Waals surface area contributed by atoms with E-state index in [0.29, 0.717) is 25.9 Å². The van der Waals surface area contributed by atoms with E-state index >= 15 is 0 Å². The molecule has 0 fully saturated rings. The lowest BCUT2D eigenvalue weighted by atomic mass is 10.00. The van der Waals surface area contributed by atoms with E-state index in [0.717, 1.165) is 0 Å². The van der Waals surface area contributed by atoms with Gasteiger partial charge in [-0.25, -0.2) is 0 Å². The van der Waals surface area contributed by atoms with E-state index in [1.807, 2.05) is 0 Å². The molecule has 15 nitrogen and oxygen atoms in total. The second-order valence-electron chi connectivity index (χ2n) is 7.47. The number of nitrogens with zero attached hydrogens (tertiary/aromatic N) is 3. The zero-order chi connectivity index (χ0) is 25.1. The van der Waals surface area contributed by atoms with Crippen LogP contribution >= 0.6 is 0 Å². The molecule has 0 bridgehead atoms. The van der Waals surface area contributed by atoms with Crippen LogP contribution in [0.2, 0.25) is 6.04 Å². The predicted octanol–water partition coefficient (Wildman–Crippen LogP) is 2.39. The third kappa shape index (κ3) is 13.4. The molecule has 0 rings (SSSR count). The minimum absolute atomic E-state index is 0.0191. The normalized spacial score (nSPS) is 15.8. The second-order valence-corrected chi connectivity index (χ2v) is 10.2. The van der Waals surface area contributed by atoms with Crippen LogP contribution in [0.15, 0.2) is 0 Å². The van der Waals surface area contributed by atoms with Gasteiger partial charge in [-0.2, -0.15) is 31.2 Å². The quantitative estimate of drug-likeness (QED) is 0.0867. The molecule has 32 heavy (non-hydrogen) atoms. The lowest BCUT2D eigenvalue weighted by Crippen LogP contribution is -2.49. The summed E-state index contributed by atoms with van der Waals surface area (Å²) < 4.78 is 17.1. The highest BCUT2D eigenvalue weighted by Crippen LogP contribution is 2.26. The molecule has 2 unspecified atom stereocenters. The molecule has 194 valence electrons. The van der Waals surface area contributed by atoms with Crippen LogP contribution in [-0.2, 0) is 13.3 Å². The van der Waals surface area contributed by atoms with Gasteiger partial charge < -0.3 is 28.9 Å². The Hall–Kier alpha value is -0.383. The maximum absolute atomic E-state index is 11.8. The topological polar surface area (TPSA) is 218 Å². The number of hydroxylamine groups is 9. The molecular weight excluding hydrogens is 454 g/mol. The number of hydrogen-bond acceptors (Lipinski definition) is 12. The van der Waals surface area contributed by atoms with Crippen molar-refractivity contribution in [3.63, 3.8) is 0 Å². The highest BCUT2D eigenvalue weighted by molar-refractivity contribution is 6.60. The summed E-state index contributed by atoms with van der Waals surface area (Å²) in [4.78, 5) is -7.96. The third-order valence-corrected chi connectivity index (χ3v) is 8.04. The Morgan fingerprint density at radius 1 is 0.656 bits per heavy atom. The largest absolute Gasteiger partial charge is 0.564 e. The van der Waals surface area contributed by atoms with Crippen LogP contribution in [-0.4, -0.2) is 93.4 Å². The molecule has 0 heterocycles. The monoisotopic (exact) mass is 493 g/mol. The molecular formula is C16H39N3O12Si. The fourth-order valence-corrected chi connectivity index (χ4v) is 6.07. The molecule has 0 aromatic heterocycles.